The van der Waals surface area contributed by atoms with E-state index in [-0.39, 0.29) is 5.97 Å². The number of rotatable bonds is 25. The molecule has 0 rings (SSSR count). The molecule has 0 aliphatic heterocycles. The molecule has 2 nitrogen and oxygen atoms in total. The van der Waals surface area contributed by atoms with E-state index in [0.29, 0.717) is 13.0 Å². The minimum Gasteiger partial charge on any atom is -0.466 e. The van der Waals surface area contributed by atoms with E-state index in [1.165, 1.54) is 128 Å². The molecule has 0 aliphatic rings. The van der Waals surface area contributed by atoms with Crippen LogP contribution in [0.2, 0.25) is 0 Å². The molecular formula is C29H58O2. The van der Waals surface area contributed by atoms with Crippen LogP contribution in [0, 0.1) is 5.92 Å². The highest BCUT2D eigenvalue weighted by Gasteiger charge is 2.01. The van der Waals surface area contributed by atoms with Crippen LogP contribution in [-0.4, -0.2) is 12.6 Å². The summed E-state index contributed by atoms with van der Waals surface area (Å²) in [5.41, 5.74) is 0. The van der Waals surface area contributed by atoms with Gasteiger partial charge in [-0.15, -0.1) is 0 Å². The maximum atomic E-state index is 11.4. The summed E-state index contributed by atoms with van der Waals surface area (Å²) in [6.07, 6.45) is 30.8. The SMILES string of the molecule is CCCOC(=O)CCCCCCCCCCCCCCCCCCCCCCC(C)C. The first-order chi connectivity index (χ1) is 15.2. The van der Waals surface area contributed by atoms with Crippen molar-refractivity contribution < 1.29 is 9.53 Å². The third-order valence-electron chi connectivity index (χ3n) is 6.38. The fourth-order valence-electron chi connectivity index (χ4n) is 4.29. The molecule has 0 unspecified atom stereocenters. The predicted octanol–water partition coefficient (Wildman–Crippen LogP) is 10.2. The van der Waals surface area contributed by atoms with E-state index in [9.17, 15) is 4.79 Å². The van der Waals surface area contributed by atoms with Crippen molar-refractivity contribution in [1.82, 2.24) is 0 Å². The first-order valence-electron chi connectivity index (χ1n) is 14.3. The highest BCUT2D eigenvalue weighted by atomic mass is 16.5. The van der Waals surface area contributed by atoms with Gasteiger partial charge >= 0.3 is 5.97 Å². The summed E-state index contributed by atoms with van der Waals surface area (Å²) in [6.45, 7) is 7.29. The maximum absolute atomic E-state index is 11.4. The van der Waals surface area contributed by atoms with Gasteiger partial charge in [0.1, 0.15) is 0 Å². The Morgan fingerprint density at radius 2 is 0.871 bits per heavy atom. The van der Waals surface area contributed by atoms with Crippen molar-refractivity contribution >= 4 is 5.97 Å². The van der Waals surface area contributed by atoms with Gasteiger partial charge in [-0.05, 0) is 18.8 Å². The fraction of sp³-hybridized carbons (Fsp3) is 0.966. The Bertz CT molecular complexity index is 351. The molecule has 0 aromatic carbocycles. The molecule has 0 aliphatic carbocycles. The van der Waals surface area contributed by atoms with Gasteiger partial charge in [-0.1, -0.05) is 149 Å². The normalized spacial score (nSPS) is 11.4. The van der Waals surface area contributed by atoms with E-state index in [2.05, 4.69) is 13.8 Å². The topological polar surface area (TPSA) is 26.3 Å². The van der Waals surface area contributed by atoms with E-state index >= 15 is 0 Å². The largest absolute Gasteiger partial charge is 0.466 e. The molecule has 31 heavy (non-hydrogen) atoms. The predicted molar refractivity (Wildman–Crippen MR) is 138 cm³/mol. The van der Waals surface area contributed by atoms with Gasteiger partial charge in [-0.2, -0.15) is 0 Å². The lowest BCUT2D eigenvalue weighted by molar-refractivity contribution is -0.143. The van der Waals surface area contributed by atoms with Gasteiger partial charge in [0, 0.05) is 6.42 Å². The standard InChI is InChI=1S/C29H58O2/c1-4-27-31-29(30)26-24-22-20-18-16-14-12-10-8-6-5-7-9-11-13-15-17-19-21-23-25-28(2)3/h28H,4-27H2,1-3H3. The van der Waals surface area contributed by atoms with Crippen LogP contribution in [0.15, 0.2) is 0 Å². The van der Waals surface area contributed by atoms with Crippen LogP contribution in [0.1, 0.15) is 168 Å². The van der Waals surface area contributed by atoms with Gasteiger partial charge in [0.25, 0.3) is 0 Å². The molecule has 0 bridgehead atoms. The highest BCUT2D eigenvalue weighted by molar-refractivity contribution is 5.69. The summed E-state index contributed by atoms with van der Waals surface area (Å²) in [6, 6.07) is 0. The molecule has 0 heterocycles. The van der Waals surface area contributed by atoms with Crippen LogP contribution in [0.3, 0.4) is 0 Å². The molecule has 0 fully saturated rings. The van der Waals surface area contributed by atoms with Crippen molar-refractivity contribution in [3.63, 3.8) is 0 Å². The first kappa shape index (κ1) is 30.5. The Labute approximate surface area is 196 Å². The van der Waals surface area contributed by atoms with Crippen molar-refractivity contribution in [3.05, 3.63) is 0 Å². The van der Waals surface area contributed by atoms with E-state index in [0.717, 1.165) is 18.8 Å². The van der Waals surface area contributed by atoms with Gasteiger partial charge in [0.2, 0.25) is 0 Å². The minimum absolute atomic E-state index is 0.00949. The van der Waals surface area contributed by atoms with Crippen molar-refractivity contribution in [2.24, 2.45) is 5.92 Å². The smallest absolute Gasteiger partial charge is 0.305 e. The summed E-state index contributed by atoms with van der Waals surface area (Å²) in [4.78, 5) is 11.4. The number of ether oxygens (including phenoxy) is 1. The Balaban J connectivity index is 3.06. The molecule has 0 spiro atoms. The lowest BCUT2D eigenvalue weighted by atomic mass is 10.0. The number of carbonyl (C=O) groups excluding carboxylic acids is 1. The van der Waals surface area contributed by atoms with Gasteiger partial charge < -0.3 is 4.74 Å². The molecule has 0 aromatic heterocycles. The second-order valence-electron chi connectivity index (χ2n) is 10.2. The lowest BCUT2D eigenvalue weighted by Gasteiger charge is -2.05. The Morgan fingerprint density at radius 3 is 1.19 bits per heavy atom. The zero-order valence-electron chi connectivity index (χ0n) is 21.9. The monoisotopic (exact) mass is 438 g/mol. The van der Waals surface area contributed by atoms with Crippen LogP contribution in [-0.2, 0) is 9.53 Å². The quantitative estimate of drug-likeness (QED) is 0.105. The molecular weight excluding hydrogens is 380 g/mol. The third kappa shape index (κ3) is 27.4. The van der Waals surface area contributed by atoms with Crippen LogP contribution in [0.4, 0.5) is 0 Å². The Morgan fingerprint density at radius 1 is 0.548 bits per heavy atom. The number of hydrogen-bond donors (Lipinski definition) is 0. The van der Waals surface area contributed by atoms with E-state index in [1.54, 1.807) is 0 Å². The van der Waals surface area contributed by atoms with E-state index in [4.69, 9.17) is 4.74 Å². The summed E-state index contributed by atoms with van der Waals surface area (Å²) in [7, 11) is 0. The van der Waals surface area contributed by atoms with Crippen LogP contribution >= 0.6 is 0 Å². The minimum atomic E-state index is -0.00949. The van der Waals surface area contributed by atoms with E-state index in [1.807, 2.05) is 6.92 Å². The van der Waals surface area contributed by atoms with Crippen molar-refractivity contribution in [1.29, 1.82) is 0 Å². The second-order valence-corrected chi connectivity index (χ2v) is 10.2. The van der Waals surface area contributed by atoms with E-state index < -0.39 is 0 Å². The molecule has 2 heteroatoms. The zero-order valence-corrected chi connectivity index (χ0v) is 21.9. The summed E-state index contributed by atoms with van der Waals surface area (Å²) >= 11 is 0. The summed E-state index contributed by atoms with van der Waals surface area (Å²) < 4.78 is 5.10. The van der Waals surface area contributed by atoms with Crippen LogP contribution in [0.5, 0.6) is 0 Å². The molecule has 0 amide bonds. The van der Waals surface area contributed by atoms with Gasteiger partial charge in [-0.25, -0.2) is 0 Å². The lowest BCUT2D eigenvalue weighted by Crippen LogP contribution is -2.04. The Kier molecular flexibility index (Phi) is 25.3. The van der Waals surface area contributed by atoms with Gasteiger partial charge in [0.05, 0.1) is 6.61 Å². The van der Waals surface area contributed by atoms with Gasteiger partial charge in [-0.3, -0.25) is 4.79 Å². The maximum Gasteiger partial charge on any atom is 0.305 e. The highest BCUT2D eigenvalue weighted by Crippen LogP contribution is 2.16. The average molecular weight is 439 g/mol. The summed E-state index contributed by atoms with van der Waals surface area (Å²) in [5.74, 6) is 0.876. The summed E-state index contributed by atoms with van der Waals surface area (Å²) in [5, 5.41) is 0. The second kappa shape index (κ2) is 25.7. The fourth-order valence-corrected chi connectivity index (χ4v) is 4.29. The molecule has 0 radical (unpaired) electrons. The average Bonchev–Trinajstić information content (AvgIpc) is 2.75. The van der Waals surface area contributed by atoms with Crippen LogP contribution in [0.25, 0.3) is 0 Å². The first-order valence-corrected chi connectivity index (χ1v) is 14.3. The van der Waals surface area contributed by atoms with Gasteiger partial charge in [0.15, 0.2) is 0 Å². The number of esters is 1. The number of unbranched alkanes of at least 4 members (excludes halogenated alkanes) is 19. The van der Waals surface area contributed by atoms with Crippen molar-refractivity contribution in [2.75, 3.05) is 6.61 Å². The molecule has 0 saturated heterocycles. The molecule has 0 aromatic rings. The number of carbonyl (C=O) groups is 1. The zero-order chi connectivity index (χ0) is 22.8. The van der Waals surface area contributed by atoms with Crippen molar-refractivity contribution in [2.45, 2.75) is 168 Å². The number of hydrogen-bond acceptors (Lipinski definition) is 2. The molecule has 0 atom stereocenters. The Hall–Kier alpha value is -0.530. The molecule has 0 saturated carbocycles. The third-order valence-corrected chi connectivity index (χ3v) is 6.38. The molecule has 186 valence electrons. The van der Waals surface area contributed by atoms with Crippen molar-refractivity contribution in [3.8, 4) is 0 Å². The van der Waals surface area contributed by atoms with Crippen LogP contribution < -0.4 is 0 Å². The molecule has 0 N–H and O–H groups in total.